The number of nitrogens with one attached hydrogen (secondary N) is 2. The molecule has 1 aromatic heterocycles. The van der Waals surface area contributed by atoms with Crippen LogP contribution < -0.4 is 20.1 Å². The Bertz CT molecular complexity index is 657. The third-order valence-electron chi connectivity index (χ3n) is 3.17. The molecule has 24 heavy (non-hydrogen) atoms. The van der Waals surface area contributed by atoms with Crippen molar-refractivity contribution in [3.05, 3.63) is 48.3 Å². The quantitative estimate of drug-likeness (QED) is 0.729. The standard InChI is InChI=1S/C18H23N3O3/c1-13(2)21-18(22)17-12-14(8-9-20-17)19-10-11-24-16-6-4-15(23-3)5-7-16/h4-9,12-13H,10-11H2,1-3H3,(H,19,20)(H,21,22). The number of amides is 1. The van der Waals surface area contributed by atoms with E-state index in [1.54, 1.807) is 19.4 Å². The predicted octanol–water partition coefficient (Wildman–Crippen LogP) is 2.72. The van der Waals surface area contributed by atoms with Gasteiger partial charge in [0.25, 0.3) is 5.91 Å². The van der Waals surface area contributed by atoms with E-state index in [1.807, 2.05) is 44.2 Å². The molecule has 2 rings (SSSR count). The highest BCUT2D eigenvalue weighted by Gasteiger charge is 2.08. The van der Waals surface area contributed by atoms with Crippen LogP contribution in [-0.4, -0.2) is 37.2 Å². The molecule has 6 nitrogen and oxygen atoms in total. The number of carbonyl (C=O) groups excluding carboxylic acids is 1. The van der Waals surface area contributed by atoms with Crippen molar-refractivity contribution in [3.8, 4) is 11.5 Å². The average Bonchev–Trinajstić information content (AvgIpc) is 2.59. The molecule has 0 atom stereocenters. The molecule has 0 bridgehead atoms. The van der Waals surface area contributed by atoms with Crippen molar-refractivity contribution in [2.75, 3.05) is 25.6 Å². The van der Waals surface area contributed by atoms with E-state index in [-0.39, 0.29) is 11.9 Å². The Morgan fingerprint density at radius 1 is 1.17 bits per heavy atom. The van der Waals surface area contributed by atoms with Crippen LogP contribution in [0.3, 0.4) is 0 Å². The summed E-state index contributed by atoms with van der Waals surface area (Å²) < 4.78 is 10.7. The largest absolute Gasteiger partial charge is 0.497 e. The van der Waals surface area contributed by atoms with Crippen molar-refractivity contribution < 1.29 is 14.3 Å². The second kappa shape index (κ2) is 8.76. The first-order chi connectivity index (χ1) is 11.6. The second-order valence-electron chi connectivity index (χ2n) is 5.51. The van der Waals surface area contributed by atoms with Gasteiger partial charge in [0.1, 0.15) is 23.8 Å². The summed E-state index contributed by atoms with van der Waals surface area (Å²) in [5.41, 5.74) is 1.22. The average molecular weight is 329 g/mol. The van der Waals surface area contributed by atoms with Gasteiger partial charge >= 0.3 is 0 Å². The van der Waals surface area contributed by atoms with Gasteiger partial charge in [0, 0.05) is 24.5 Å². The summed E-state index contributed by atoms with van der Waals surface area (Å²) in [7, 11) is 1.63. The van der Waals surface area contributed by atoms with Crippen LogP contribution in [0.2, 0.25) is 0 Å². The summed E-state index contributed by atoms with van der Waals surface area (Å²) >= 11 is 0. The second-order valence-corrected chi connectivity index (χ2v) is 5.51. The van der Waals surface area contributed by atoms with Gasteiger partial charge in [-0.3, -0.25) is 9.78 Å². The summed E-state index contributed by atoms with van der Waals surface area (Å²) in [6, 6.07) is 11.1. The molecular formula is C18H23N3O3. The van der Waals surface area contributed by atoms with Gasteiger partial charge in [0.05, 0.1) is 7.11 Å². The van der Waals surface area contributed by atoms with Crippen LogP contribution in [0.1, 0.15) is 24.3 Å². The number of benzene rings is 1. The summed E-state index contributed by atoms with van der Waals surface area (Å²) in [6.07, 6.45) is 1.61. The molecule has 0 spiro atoms. The van der Waals surface area contributed by atoms with Crippen LogP contribution in [0.15, 0.2) is 42.6 Å². The van der Waals surface area contributed by atoms with Crippen LogP contribution >= 0.6 is 0 Å². The molecule has 1 amide bonds. The first-order valence-corrected chi connectivity index (χ1v) is 7.86. The molecule has 0 fully saturated rings. The first-order valence-electron chi connectivity index (χ1n) is 7.86. The monoisotopic (exact) mass is 329 g/mol. The number of nitrogens with zero attached hydrogens (tertiary/aromatic N) is 1. The zero-order chi connectivity index (χ0) is 17.4. The van der Waals surface area contributed by atoms with Gasteiger partial charge in [-0.1, -0.05) is 0 Å². The molecule has 128 valence electrons. The Morgan fingerprint density at radius 2 is 1.88 bits per heavy atom. The van der Waals surface area contributed by atoms with Crippen molar-refractivity contribution in [1.29, 1.82) is 0 Å². The first kappa shape index (κ1) is 17.6. The van der Waals surface area contributed by atoms with Gasteiger partial charge < -0.3 is 20.1 Å². The number of pyridine rings is 1. The summed E-state index contributed by atoms with van der Waals surface area (Å²) in [4.78, 5) is 16.0. The molecule has 0 saturated heterocycles. The summed E-state index contributed by atoms with van der Waals surface area (Å²) in [5.74, 6) is 1.40. The molecule has 0 unspecified atom stereocenters. The van der Waals surface area contributed by atoms with Crippen LogP contribution in [0.25, 0.3) is 0 Å². The van der Waals surface area contributed by atoms with Gasteiger partial charge in [-0.2, -0.15) is 0 Å². The van der Waals surface area contributed by atoms with Gasteiger partial charge in [-0.05, 0) is 50.2 Å². The van der Waals surface area contributed by atoms with Gasteiger partial charge in [-0.15, -0.1) is 0 Å². The fourth-order valence-corrected chi connectivity index (χ4v) is 2.04. The Labute approximate surface area is 142 Å². The molecule has 2 aromatic rings. The van der Waals surface area contributed by atoms with Gasteiger partial charge in [0.2, 0.25) is 0 Å². The van der Waals surface area contributed by atoms with Crippen molar-refractivity contribution in [3.63, 3.8) is 0 Å². The number of hydrogen-bond acceptors (Lipinski definition) is 5. The van der Waals surface area contributed by atoms with E-state index in [0.717, 1.165) is 17.2 Å². The molecule has 2 N–H and O–H groups in total. The van der Waals surface area contributed by atoms with E-state index in [9.17, 15) is 4.79 Å². The van der Waals surface area contributed by atoms with Crippen molar-refractivity contribution in [1.82, 2.24) is 10.3 Å². The molecule has 0 aliphatic rings. The Hall–Kier alpha value is -2.76. The normalized spacial score (nSPS) is 10.3. The maximum atomic E-state index is 11.9. The molecule has 1 heterocycles. The molecule has 0 aliphatic heterocycles. The molecule has 1 aromatic carbocycles. The summed E-state index contributed by atoms with van der Waals surface area (Å²) in [6.45, 7) is 4.94. The maximum absolute atomic E-state index is 11.9. The lowest BCUT2D eigenvalue weighted by molar-refractivity contribution is 0.0938. The number of hydrogen-bond donors (Lipinski definition) is 2. The lowest BCUT2D eigenvalue weighted by Crippen LogP contribution is -2.30. The number of carbonyl (C=O) groups is 1. The highest BCUT2D eigenvalue weighted by molar-refractivity contribution is 5.93. The van der Waals surface area contributed by atoms with Crippen molar-refractivity contribution in [2.45, 2.75) is 19.9 Å². The summed E-state index contributed by atoms with van der Waals surface area (Å²) in [5, 5.41) is 6.04. The minimum atomic E-state index is -0.178. The number of rotatable bonds is 8. The van der Waals surface area contributed by atoms with E-state index >= 15 is 0 Å². The van der Waals surface area contributed by atoms with Gasteiger partial charge in [-0.25, -0.2) is 0 Å². The SMILES string of the molecule is COc1ccc(OCCNc2ccnc(C(=O)NC(C)C)c2)cc1. The number of aromatic nitrogens is 1. The van der Waals surface area contributed by atoms with E-state index in [0.29, 0.717) is 18.8 Å². The zero-order valence-corrected chi connectivity index (χ0v) is 14.2. The topological polar surface area (TPSA) is 72.5 Å². The van der Waals surface area contributed by atoms with Crippen LogP contribution in [0.5, 0.6) is 11.5 Å². The number of anilines is 1. The third kappa shape index (κ3) is 5.46. The molecule has 6 heteroatoms. The third-order valence-corrected chi connectivity index (χ3v) is 3.17. The minimum Gasteiger partial charge on any atom is -0.497 e. The molecule has 0 radical (unpaired) electrons. The Morgan fingerprint density at radius 3 is 2.54 bits per heavy atom. The van der Waals surface area contributed by atoms with E-state index < -0.39 is 0 Å². The number of ether oxygens (including phenoxy) is 2. The molecule has 0 aliphatic carbocycles. The van der Waals surface area contributed by atoms with Crippen LogP contribution in [0.4, 0.5) is 5.69 Å². The molecule has 0 saturated carbocycles. The number of methoxy groups -OCH3 is 1. The maximum Gasteiger partial charge on any atom is 0.270 e. The highest BCUT2D eigenvalue weighted by Crippen LogP contribution is 2.16. The van der Waals surface area contributed by atoms with Crippen LogP contribution in [-0.2, 0) is 0 Å². The lowest BCUT2D eigenvalue weighted by atomic mass is 10.3. The molecular weight excluding hydrogens is 306 g/mol. The Balaban J connectivity index is 1.80. The van der Waals surface area contributed by atoms with Crippen molar-refractivity contribution in [2.24, 2.45) is 0 Å². The zero-order valence-electron chi connectivity index (χ0n) is 14.2. The van der Waals surface area contributed by atoms with Crippen molar-refractivity contribution >= 4 is 11.6 Å². The fourth-order valence-electron chi connectivity index (χ4n) is 2.04. The minimum absolute atomic E-state index is 0.0776. The highest BCUT2D eigenvalue weighted by atomic mass is 16.5. The van der Waals surface area contributed by atoms with E-state index in [1.165, 1.54) is 0 Å². The van der Waals surface area contributed by atoms with Crippen LogP contribution in [0, 0.1) is 0 Å². The predicted molar refractivity (Wildman–Crippen MR) is 93.8 cm³/mol. The fraction of sp³-hybridized carbons (Fsp3) is 0.333. The van der Waals surface area contributed by atoms with Gasteiger partial charge in [0.15, 0.2) is 0 Å². The smallest absolute Gasteiger partial charge is 0.270 e. The lowest BCUT2D eigenvalue weighted by Gasteiger charge is -2.11. The van der Waals surface area contributed by atoms with E-state index in [4.69, 9.17) is 9.47 Å². The Kier molecular flexibility index (Phi) is 6.42. The van der Waals surface area contributed by atoms with E-state index in [2.05, 4.69) is 15.6 Å².